The standard InChI is InChI=1S/C28H32F2N2O5S2/c1-5-7-12-38(35)31-18(3)23-15-27(33)32(4)16-25(23)24-13-19(17-39(36,37)6-2)8-10-21(24)28(34)22-11-9-20(29)14-26(22)30/h8-11,13-16,18,31H,5-7,12,17H2,1-4H3/t18-,38?/m0/s1. The summed E-state index contributed by atoms with van der Waals surface area (Å²) in [7, 11) is -1.90. The fourth-order valence-corrected chi connectivity index (χ4v) is 6.18. The van der Waals surface area contributed by atoms with Gasteiger partial charge >= 0.3 is 0 Å². The molecule has 7 nitrogen and oxygen atoms in total. The number of nitrogens with zero attached hydrogens (tertiary/aromatic N) is 1. The van der Waals surface area contributed by atoms with E-state index in [1.54, 1.807) is 6.92 Å². The monoisotopic (exact) mass is 578 g/mol. The number of hydrogen-bond acceptors (Lipinski definition) is 6. The van der Waals surface area contributed by atoms with Gasteiger partial charge in [0.15, 0.2) is 15.6 Å². The van der Waals surface area contributed by atoms with E-state index in [9.17, 15) is 31.3 Å². The van der Waals surface area contributed by atoms with Crippen molar-refractivity contribution in [3.63, 3.8) is 0 Å². The molecule has 0 fully saturated rings. The molecule has 1 unspecified atom stereocenters. The highest BCUT2D eigenvalue weighted by Gasteiger charge is 2.25. The van der Waals surface area contributed by atoms with Crippen LogP contribution in [0, 0.1) is 11.6 Å². The number of aryl methyl sites for hydroxylation is 1. The Morgan fingerprint density at radius 2 is 1.77 bits per heavy atom. The van der Waals surface area contributed by atoms with Crippen LogP contribution in [0.4, 0.5) is 8.78 Å². The van der Waals surface area contributed by atoms with Gasteiger partial charge in [-0.1, -0.05) is 32.4 Å². The number of nitrogens with one attached hydrogen (secondary N) is 1. The number of benzene rings is 2. The lowest BCUT2D eigenvalue weighted by molar-refractivity contribution is 0.103. The number of carbonyl (C=O) groups excluding carboxylic acids is 1. The Labute approximate surface area is 230 Å². The summed E-state index contributed by atoms with van der Waals surface area (Å²) in [6, 6.07) is 7.85. The van der Waals surface area contributed by atoms with E-state index in [1.807, 2.05) is 6.92 Å². The van der Waals surface area contributed by atoms with E-state index < -0.39 is 44.7 Å². The number of carbonyl (C=O) groups is 1. The molecule has 1 N–H and O–H groups in total. The second-order valence-electron chi connectivity index (χ2n) is 9.34. The average molecular weight is 579 g/mol. The van der Waals surface area contributed by atoms with Crippen LogP contribution in [0.2, 0.25) is 0 Å². The van der Waals surface area contributed by atoms with Gasteiger partial charge in [-0.15, -0.1) is 4.72 Å². The SMILES string of the molecule is CCCC[S+]([O-])N[C@@H](C)c1cc(=O)n(C)cc1-c1cc(CS(=O)(=O)CC)ccc1C(=O)c1ccc(F)cc1F. The topological polar surface area (TPSA) is 108 Å². The Hall–Kier alpha value is -2.86. The molecule has 0 aliphatic carbocycles. The molecule has 0 aliphatic heterocycles. The fraction of sp³-hybridized carbons (Fsp3) is 0.357. The second-order valence-corrected chi connectivity index (χ2v) is 13.0. The van der Waals surface area contributed by atoms with E-state index >= 15 is 0 Å². The van der Waals surface area contributed by atoms with Crippen molar-refractivity contribution in [2.75, 3.05) is 11.5 Å². The molecule has 1 aromatic heterocycles. The van der Waals surface area contributed by atoms with Gasteiger partial charge in [0.25, 0.3) is 5.56 Å². The number of sulfone groups is 1. The summed E-state index contributed by atoms with van der Waals surface area (Å²) in [5.41, 5.74) is 0.852. The molecule has 3 rings (SSSR count). The molecule has 0 aliphatic rings. The highest BCUT2D eigenvalue weighted by Crippen LogP contribution is 2.33. The van der Waals surface area contributed by atoms with Crippen molar-refractivity contribution in [1.29, 1.82) is 0 Å². The minimum atomic E-state index is -3.43. The van der Waals surface area contributed by atoms with E-state index in [-0.39, 0.29) is 33.8 Å². The zero-order chi connectivity index (χ0) is 28.9. The molecule has 2 atom stereocenters. The third kappa shape index (κ3) is 7.63. The first-order chi connectivity index (χ1) is 18.4. The van der Waals surface area contributed by atoms with Crippen molar-refractivity contribution in [1.82, 2.24) is 9.29 Å². The van der Waals surface area contributed by atoms with E-state index in [1.165, 1.54) is 49.0 Å². The first-order valence-corrected chi connectivity index (χ1v) is 15.7. The molecule has 0 saturated carbocycles. The van der Waals surface area contributed by atoms with Crippen molar-refractivity contribution in [3.05, 3.63) is 92.9 Å². The predicted octanol–water partition coefficient (Wildman–Crippen LogP) is 4.61. The quantitative estimate of drug-likeness (QED) is 0.248. The van der Waals surface area contributed by atoms with Gasteiger partial charge in [0.2, 0.25) is 0 Å². The lowest BCUT2D eigenvalue weighted by atomic mass is 9.89. The summed E-state index contributed by atoms with van der Waals surface area (Å²) in [5.74, 6) is -2.56. The van der Waals surface area contributed by atoms with E-state index in [0.717, 1.165) is 25.0 Å². The molecule has 2 aromatic carbocycles. The molecule has 11 heteroatoms. The molecule has 0 spiro atoms. The zero-order valence-electron chi connectivity index (χ0n) is 22.3. The van der Waals surface area contributed by atoms with Gasteiger partial charge in [-0.3, -0.25) is 9.59 Å². The zero-order valence-corrected chi connectivity index (χ0v) is 23.9. The number of rotatable bonds is 12. The maximum atomic E-state index is 14.6. The molecule has 0 saturated heterocycles. The van der Waals surface area contributed by atoms with Crippen LogP contribution in [-0.2, 0) is 34.0 Å². The molecule has 1 heterocycles. The molecule has 0 bridgehead atoms. The number of ketones is 1. The number of hydrogen-bond donors (Lipinski definition) is 1. The van der Waals surface area contributed by atoms with Crippen molar-refractivity contribution in [3.8, 4) is 11.1 Å². The normalized spacial score (nSPS) is 13.3. The van der Waals surface area contributed by atoms with Gasteiger partial charge in [-0.2, -0.15) is 0 Å². The highest BCUT2D eigenvalue weighted by molar-refractivity contribution is 7.90. The van der Waals surface area contributed by atoms with Crippen LogP contribution in [0.5, 0.6) is 0 Å². The number of aromatic nitrogens is 1. The van der Waals surface area contributed by atoms with Gasteiger partial charge in [0, 0.05) is 53.6 Å². The van der Waals surface area contributed by atoms with Crippen LogP contribution in [0.1, 0.15) is 66.7 Å². The van der Waals surface area contributed by atoms with Crippen LogP contribution in [0.15, 0.2) is 53.5 Å². The maximum absolute atomic E-state index is 14.6. The number of pyridine rings is 1. The van der Waals surface area contributed by atoms with Crippen molar-refractivity contribution < 1.29 is 26.5 Å². The van der Waals surface area contributed by atoms with Crippen molar-refractivity contribution in [2.24, 2.45) is 7.05 Å². The average Bonchev–Trinajstić information content (AvgIpc) is 2.88. The Balaban J connectivity index is 2.24. The van der Waals surface area contributed by atoms with Crippen molar-refractivity contribution >= 4 is 27.0 Å². The smallest absolute Gasteiger partial charge is 0.250 e. The molecule has 39 heavy (non-hydrogen) atoms. The molecule has 210 valence electrons. The lowest BCUT2D eigenvalue weighted by Crippen LogP contribution is -2.30. The summed E-state index contributed by atoms with van der Waals surface area (Å²) >= 11 is -1.39. The molecular formula is C28H32F2N2O5S2. The Morgan fingerprint density at radius 3 is 2.41 bits per heavy atom. The lowest BCUT2D eigenvalue weighted by Gasteiger charge is -2.22. The Kier molecular flexibility index (Phi) is 10.2. The minimum Gasteiger partial charge on any atom is -0.598 e. The summed E-state index contributed by atoms with van der Waals surface area (Å²) in [5, 5.41) is 0. The first-order valence-electron chi connectivity index (χ1n) is 12.5. The van der Waals surface area contributed by atoms with Gasteiger partial charge in [-0.25, -0.2) is 17.2 Å². The van der Waals surface area contributed by atoms with E-state index in [2.05, 4.69) is 4.72 Å². The third-order valence-electron chi connectivity index (χ3n) is 6.34. The number of halogens is 2. The van der Waals surface area contributed by atoms with Crippen LogP contribution in [0.3, 0.4) is 0 Å². The summed E-state index contributed by atoms with van der Waals surface area (Å²) in [4.78, 5) is 26.2. The molecule has 0 radical (unpaired) electrons. The molecular weight excluding hydrogens is 546 g/mol. The minimum absolute atomic E-state index is 0.0392. The fourth-order valence-electron chi connectivity index (χ4n) is 4.10. The summed E-state index contributed by atoms with van der Waals surface area (Å²) in [6.07, 6.45) is 3.11. The summed E-state index contributed by atoms with van der Waals surface area (Å²) < 4.78 is 69.8. The Morgan fingerprint density at radius 1 is 1.08 bits per heavy atom. The van der Waals surface area contributed by atoms with Crippen LogP contribution in [0.25, 0.3) is 11.1 Å². The van der Waals surface area contributed by atoms with Crippen molar-refractivity contribution in [2.45, 2.75) is 45.4 Å². The van der Waals surface area contributed by atoms with E-state index in [0.29, 0.717) is 28.5 Å². The second kappa shape index (κ2) is 13.0. The maximum Gasteiger partial charge on any atom is 0.250 e. The predicted molar refractivity (Wildman–Crippen MR) is 150 cm³/mol. The van der Waals surface area contributed by atoms with Gasteiger partial charge < -0.3 is 9.12 Å². The largest absolute Gasteiger partial charge is 0.598 e. The van der Waals surface area contributed by atoms with Crippen LogP contribution in [-0.4, -0.2) is 34.8 Å². The number of unbranched alkanes of at least 4 members (excludes halogenated alkanes) is 1. The third-order valence-corrected chi connectivity index (χ3v) is 9.27. The van der Waals surface area contributed by atoms with Gasteiger partial charge in [0.05, 0.1) is 17.4 Å². The molecule has 3 aromatic rings. The van der Waals surface area contributed by atoms with Crippen LogP contribution < -0.4 is 10.3 Å². The van der Waals surface area contributed by atoms with Crippen LogP contribution >= 0.6 is 0 Å². The van der Waals surface area contributed by atoms with E-state index in [4.69, 9.17) is 0 Å². The highest BCUT2D eigenvalue weighted by atomic mass is 32.2. The van der Waals surface area contributed by atoms with Gasteiger partial charge in [-0.05, 0) is 48.2 Å². The molecule has 0 amide bonds. The van der Waals surface area contributed by atoms with Gasteiger partial charge in [0.1, 0.15) is 17.4 Å². The Bertz CT molecular complexity index is 1520. The summed E-state index contributed by atoms with van der Waals surface area (Å²) in [6.45, 7) is 5.24. The first kappa shape index (κ1) is 30.7.